The summed E-state index contributed by atoms with van der Waals surface area (Å²) in [6, 6.07) is 13.6. The lowest BCUT2D eigenvalue weighted by Gasteiger charge is -2.22. The molecule has 0 saturated carbocycles. The molecule has 0 saturated heterocycles. The first-order valence-corrected chi connectivity index (χ1v) is 13.2. The van der Waals surface area contributed by atoms with Gasteiger partial charge in [-0.15, -0.1) is 11.3 Å². The van der Waals surface area contributed by atoms with E-state index >= 15 is 0 Å². The van der Waals surface area contributed by atoms with Gasteiger partial charge in [-0.1, -0.05) is 42.1 Å². The number of benzene rings is 1. The Hall–Kier alpha value is -2.84. The SMILES string of the molecule is CC(Sc1nc2sc3c(c2c(=O)n1Cc1ccco1)CCCC3)C(=O)N(C)Cc1ccccc1. The fraction of sp³-hybridized carbons (Fsp3) is 0.346. The second-order valence-electron chi connectivity index (χ2n) is 8.70. The fourth-order valence-corrected chi connectivity index (χ4v) is 6.79. The average molecular weight is 494 g/mol. The molecule has 0 radical (unpaired) electrons. The third kappa shape index (κ3) is 4.57. The van der Waals surface area contributed by atoms with Crippen LogP contribution in [0.25, 0.3) is 10.2 Å². The van der Waals surface area contributed by atoms with E-state index in [9.17, 15) is 9.59 Å². The predicted molar refractivity (Wildman–Crippen MR) is 137 cm³/mol. The molecule has 0 spiro atoms. The van der Waals surface area contributed by atoms with E-state index in [1.165, 1.54) is 22.2 Å². The van der Waals surface area contributed by atoms with Gasteiger partial charge in [0, 0.05) is 18.5 Å². The van der Waals surface area contributed by atoms with Crippen LogP contribution in [0.4, 0.5) is 0 Å². The van der Waals surface area contributed by atoms with Crippen LogP contribution < -0.4 is 5.56 Å². The van der Waals surface area contributed by atoms with Gasteiger partial charge in [-0.25, -0.2) is 4.98 Å². The molecule has 0 bridgehead atoms. The van der Waals surface area contributed by atoms with E-state index in [-0.39, 0.29) is 11.5 Å². The number of hydrogen-bond acceptors (Lipinski definition) is 6. The van der Waals surface area contributed by atoms with Gasteiger partial charge in [0.15, 0.2) is 5.16 Å². The number of hydrogen-bond donors (Lipinski definition) is 0. The normalized spacial score (nSPS) is 14.2. The number of carbonyl (C=O) groups excluding carboxylic acids is 1. The van der Waals surface area contributed by atoms with E-state index in [2.05, 4.69) is 0 Å². The molecule has 0 fully saturated rings. The minimum Gasteiger partial charge on any atom is -0.467 e. The molecular formula is C26H27N3O3S2. The molecule has 4 aromatic rings. The number of aromatic nitrogens is 2. The number of fused-ring (bicyclic) bond motifs is 3. The van der Waals surface area contributed by atoms with Crippen molar-refractivity contribution in [3.8, 4) is 0 Å². The summed E-state index contributed by atoms with van der Waals surface area (Å²) in [6.45, 7) is 2.71. The van der Waals surface area contributed by atoms with E-state index in [4.69, 9.17) is 9.40 Å². The van der Waals surface area contributed by atoms with Gasteiger partial charge >= 0.3 is 0 Å². The number of amides is 1. The van der Waals surface area contributed by atoms with E-state index in [1.807, 2.05) is 56.4 Å². The molecule has 8 heteroatoms. The lowest BCUT2D eigenvalue weighted by molar-refractivity contribution is -0.129. The van der Waals surface area contributed by atoms with Gasteiger partial charge in [0.05, 0.1) is 23.4 Å². The summed E-state index contributed by atoms with van der Waals surface area (Å²) in [5, 5.41) is 0.910. The van der Waals surface area contributed by atoms with Crippen LogP contribution in [0.2, 0.25) is 0 Å². The molecule has 6 nitrogen and oxygen atoms in total. The van der Waals surface area contributed by atoms with Crippen LogP contribution in [-0.4, -0.2) is 32.7 Å². The molecule has 0 N–H and O–H groups in total. The maximum Gasteiger partial charge on any atom is 0.263 e. The van der Waals surface area contributed by atoms with Gasteiger partial charge in [0.25, 0.3) is 5.56 Å². The molecule has 1 amide bonds. The summed E-state index contributed by atoms with van der Waals surface area (Å²) in [4.78, 5) is 35.6. The highest BCUT2D eigenvalue weighted by Crippen LogP contribution is 2.35. The minimum atomic E-state index is -0.393. The van der Waals surface area contributed by atoms with Crippen LogP contribution in [-0.2, 0) is 30.7 Å². The number of thioether (sulfide) groups is 1. The molecule has 1 aliphatic carbocycles. The van der Waals surface area contributed by atoms with Gasteiger partial charge in [0.1, 0.15) is 10.6 Å². The summed E-state index contributed by atoms with van der Waals surface area (Å²) in [6.07, 6.45) is 5.80. The van der Waals surface area contributed by atoms with Crippen molar-refractivity contribution in [2.45, 2.75) is 56.1 Å². The Morgan fingerprint density at radius 2 is 2.00 bits per heavy atom. The van der Waals surface area contributed by atoms with E-state index < -0.39 is 5.25 Å². The summed E-state index contributed by atoms with van der Waals surface area (Å²) >= 11 is 2.97. The summed E-state index contributed by atoms with van der Waals surface area (Å²) < 4.78 is 7.22. The first-order valence-electron chi connectivity index (χ1n) is 11.5. The minimum absolute atomic E-state index is 0.00165. The fourth-order valence-electron chi connectivity index (χ4n) is 4.46. The number of thiophene rings is 1. The molecular weight excluding hydrogens is 466 g/mol. The maximum atomic E-state index is 13.7. The number of aryl methyl sites for hydroxylation is 2. The van der Waals surface area contributed by atoms with Gasteiger partial charge in [-0.2, -0.15) is 0 Å². The van der Waals surface area contributed by atoms with Crippen molar-refractivity contribution >= 4 is 39.2 Å². The first kappa shape index (κ1) is 22.9. The van der Waals surface area contributed by atoms with Crippen molar-refractivity contribution in [1.29, 1.82) is 0 Å². The Labute approximate surface area is 206 Å². The van der Waals surface area contributed by atoms with Crippen LogP contribution >= 0.6 is 23.1 Å². The molecule has 3 heterocycles. The summed E-state index contributed by atoms with van der Waals surface area (Å²) in [5.74, 6) is 0.688. The van der Waals surface area contributed by atoms with Gasteiger partial charge < -0.3 is 9.32 Å². The van der Waals surface area contributed by atoms with Gasteiger partial charge in [-0.05, 0) is 55.9 Å². The number of carbonyl (C=O) groups is 1. The van der Waals surface area contributed by atoms with Crippen molar-refractivity contribution in [2.75, 3.05) is 7.05 Å². The number of nitrogens with zero attached hydrogens (tertiary/aromatic N) is 3. The van der Waals surface area contributed by atoms with Crippen molar-refractivity contribution in [1.82, 2.24) is 14.5 Å². The third-order valence-electron chi connectivity index (χ3n) is 6.20. The summed E-state index contributed by atoms with van der Waals surface area (Å²) in [7, 11) is 1.81. The van der Waals surface area contributed by atoms with Gasteiger partial charge in [0.2, 0.25) is 5.91 Å². The highest BCUT2D eigenvalue weighted by Gasteiger charge is 2.26. The molecule has 176 valence electrons. The monoisotopic (exact) mass is 493 g/mol. The molecule has 3 aromatic heterocycles. The van der Waals surface area contributed by atoms with Gasteiger partial charge in [-0.3, -0.25) is 14.2 Å². The van der Waals surface area contributed by atoms with Crippen molar-refractivity contribution in [3.05, 3.63) is 80.8 Å². The standard InChI is InChI=1S/C26H27N3O3S2/c1-17(24(30)28(2)15-18-9-4-3-5-10-18)33-26-27-23-22(20-12-6-7-13-21(20)34-23)25(31)29(26)16-19-11-8-14-32-19/h3-5,8-11,14,17H,6-7,12-13,15-16H2,1-2H3. The largest absolute Gasteiger partial charge is 0.467 e. The molecule has 5 rings (SSSR count). The first-order chi connectivity index (χ1) is 16.5. The van der Waals surface area contributed by atoms with Crippen LogP contribution in [0.1, 0.15) is 41.5 Å². The van der Waals surface area contributed by atoms with Crippen molar-refractivity contribution in [3.63, 3.8) is 0 Å². The second-order valence-corrected chi connectivity index (χ2v) is 11.1. The van der Waals surface area contributed by atoms with Crippen LogP contribution in [0.15, 0.2) is 63.1 Å². The Balaban J connectivity index is 1.47. The van der Waals surface area contributed by atoms with Crippen molar-refractivity contribution < 1.29 is 9.21 Å². The highest BCUT2D eigenvalue weighted by atomic mass is 32.2. The predicted octanol–water partition coefficient (Wildman–Crippen LogP) is 5.12. The van der Waals surface area contributed by atoms with Crippen LogP contribution in [0, 0.1) is 0 Å². The Morgan fingerprint density at radius 1 is 1.21 bits per heavy atom. The smallest absolute Gasteiger partial charge is 0.263 e. The molecule has 1 aromatic carbocycles. The Bertz CT molecular complexity index is 1360. The van der Waals surface area contributed by atoms with Crippen LogP contribution in [0.5, 0.6) is 0 Å². The Kier molecular flexibility index (Phi) is 6.61. The molecule has 1 atom stereocenters. The lowest BCUT2D eigenvalue weighted by atomic mass is 9.97. The quantitative estimate of drug-likeness (QED) is 0.264. The molecule has 0 aliphatic heterocycles. The number of rotatable bonds is 7. The van der Waals surface area contributed by atoms with Crippen molar-refractivity contribution in [2.24, 2.45) is 0 Å². The average Bonchev–Trinajstić information content (AvgIpc) is 3.49. The highest BCUT2D eigenvalue weighted by molar-refractivity contribution is 8.00. The lowest BCUT2D eigenvalue weighted by Crippen LogP contribution is -2.33. The Morgan fingerprint density at radius 3 is 2.76 bits per heavy atom. The molecule has 34 heavy (non-hydrogen) atoms. The van der Waals surface area contributed by atoms with Crippen LogP contribution in [0.3, 0.4) is 0 Å². The summed E-state index contributed by atoms with van der Waals surface area (Å²) in [5.41, 5.74) is 2.20. The molecule has 1 unspecified atom stereocenters. The molecule has 1 aliphatic rings. The van der Waals surface area contributed by atoms with E-state index in [1.54, 1.807) is 27.1 Å². The topological polar surface area (TPSA) is 68.3 Å². The second kappa shape index (κ2) is 9.80. The number of furan rings is 1. The van der Waals surface area contributed by atoms with E-state index in [0.29, 0.717) is 24.0 Å². The zero-order valence-electron chi connectivity index (χ0n) is 19.3. The zero-order valence-corrected chi connectivity index (χ0v) is 21.0. The third-order valence-corrected chi connectivity index (χ3v) is 8.47. The zero-order chi connectivity index (χ0) is 23.7. The maximum absolute atomic E-state index is 13.7. The van der Waals surface area contributed by atoms with E-state index in [0.717, 1.165) is 41.5 Å².